The van der Waals surface area contributed by atoms with E-state index >= 15 is 0 Å². The van der Waals surface area contributed by atoms with Gasteiger partial charge in [0.2, 0.25) is 0 Å². The molecule has 1 heterocycles. The third-order valence-corrected chi connectivity index (χ3v) is 4.00. The number of ether oxygens (including phenoxy) is 1. The fourth-order valence-corrected chi connectivity index (χ4v) is 2.59. The second kappa shape index (κ2) is 7.19. The lowest BCUT2D eigenvalue weighted by molar-refractivity contribution is 0.0949. The molecule has 0 aliphatic rings. The van der Waals surface area contributed by atoms with Crippen LogP contribution in [0.15, 0.2) is 23.6 Å². The van der Waals surface area contributed by atoms with Crippen LogP contribution >= 0.6 is 11.3 Å². The third kappa shape index (κ3) is 4.03. The second-order valence-corrected chi connectivity index (χ2v) is 5.58. The molecular formula is C15H19N3O2S. The Morgan fingerprint density at radius 2 is 2.29 bits per heavy atom. The van der Waals surface area contributed by atoms with Crippen LogP contribution in [-0.2, 0) is 13.0 Å². The van der Waals surface area contributed by atoms with Crippen molar-refractivity contribution in [1.29, 1.82) is 0 Å². The van der Waals surface area contributed by atoms with E-state index in [1.54, 1.807) is 12.5 Å². The van der Waals surface area contributed by atoms with E-state index in [0.29, 0.717) is 18.8 Å². The lowest BCUT2D eigenvalue weighted by atomic mass is 10.1. The van der Waals surface area contributed by atoms with Crippen molar-refractivity contribution in [3.05, 3.63) is 45.4 Å². The summed E-state index contributed by atoms with van der Waals surface area (Å²) in [7, 11) is 1.66. The van der Waals surface area contributed by atoms with Crippen molar-refractivity contribution < 1.29 is 9.53 Å². The van der Waals surface area contributed by atoms with Gasteiger partial charge >= 0.3 is 0 Å². The summed E-state index contributed by atoms with van der Waals surface area (Å²) in [5, 5.41) is 5.36. The molecule has 1 amide bonds. The Morgan fingerprint density at radius 1 is 1.48 bits per heavy atom. The molecule has 6 heteroatoms. The average molecular weight is 305 g/mol. The highest BCUT2D eigenvalue weighted by molar-refractivity contribution is 7.09. The summed E-state index contributed by atoms with van der Waals surface area (Å²) in [4.78, 5) is 16.1. The van der Waals surface area contributed by atoms with Gasteiger partial charge in [0, 0.05) is 18.5 Å². The fourth-order valence-electron chi connectivity index (χ4n) is 1.94. The molecule has 3 N–H and O–H groups in total. The van der Waals surface area contributed by atoms with Crippen LogP contribution in [0.3, 0.4) is 0 Å². The zero-order valence-electron chi connectivity index (χ0n) is 12.2. The van der Waals surface area contributed by atoms with E-state index in [9.17, 15) is 4.79 Å². The Balaban J connectivity index is 1.87. The fraction of sp³-hybridized carbons (Fsp3) is 0.333. The van der Waals surface area contributed by atoms with Gasteiger partial charge in [-0.05, 0) is 30.5 Å². The average Bonchev–Trinajstić information content (AvgIpc) is 2.98. The molecule has 0 radical (unpaired) electrons. The molecule has 0 saturated carbocycles. The first-order valence-electron chi connectivity index (χ1n) is 6.70. The number of hydrogen-bond acceptors (Lipinski definition) is 5. The summed E-state index contributed by atoms with van der Waals surface area (Å²) < 4.78 is 5.29. The van der Waals surface area contributed by atoms with Gasteiger partial charge in [-0.25, -0.2) is 4.98 Å². The molecule has 0 aliphatic heterocycles. The van der Waals surface area contributed by atoms with Crippen LogP contribution in [0.25, 0.3) is 0 Å². The zero-order chi connectivity index (χ0) is 15.2. The molecule has 2 rings (SSSR count). The van der Waals surface area contributed by atoms with E-state index in [-0.39, 0.29) is 5.91 Å². The number of nitrogens with zero attached hydrogens (tertiary/aromatic N) is 1. The Kier molecular flexibility index (Phi) is 5.30. The van der Waals surface area contributed by atoms with Gasteiger partial charge in [-0.15, -0.1) is 11.3 Å². The molecule has 2 aromatic rings. The Hall–Kier alpha value is -1.92. The van der Waals surface area contributed by atoms with Gasteiger partial charge in [0.05, 0.1) is 7.11 Å². The van der Waals surface area contributed by atoms with Gasteiger partial charge in [0.25, 0.3) is 5.91 Å². The minimum Gasteiger partial charge on any atom is -0.496 e. The van der Waals surface area contributed by atoms with Gasteiger partial charge < -0.3 is 15.8 Å². The van der Waals surface area contributed by atoms with E-state index in [1.165, 1.54) is 11.3 Å². The van der Waals surface area contributed by atoms with Crippen molar-refractivity contribution in [2.75, 3.05) is 13.7 Å². The number of carbonyl (C=O) groups excluding carboxylic acids is 1. The molecule has 0 bridgehead atoms. The molecule has 0 aliphatic carbocycles. The zero-order valence-corrected chi connectivity index (χ0v) is 13.0. The number of benzene rings is 1. The van der Waals surface area contributed by atoms with E-state index < -0.39 is 0 Å². The summed E-state index contributed by atoms with van der Waals surface area (Å²) in [5.74, 6) is 0.705. The van der Waals surface area contributed by atoms with Crippen molar-refractivity contribution in [2.45, 2.75) is 19.9 Å². The Morgan fingerprint density at radius 3 is 2.95 bits per heavy atom. The first-order valence-corrected chi connectivity index (χ1v) is 7.58. The largest absolute Gasteiger partial charge is 0.496 e. The molecule has 112 valence electrons. The first-order chi connectivity index (χ1) is 10.1. The Labute approximate surface area is 128 Å². The number of aromatic nitrogens is 1. The van der Waals surface area contributed by atoms with Crippen molar-refractivity contribution in [3.63, 3.8) is 0 Å². The quantitative estimate of drug-likeness (QED) is 0.854. The van der Waals surface area contributed by atoms with Crippen molar-refractivity contribution in [2.24, 2.45) is 5.73 Å². The number of aryl methyl sites for hydroxylation is 1. The van der Waals surface area contributed by atoms with Gasteiger partial charge in [-0.3, -0.25) is 4.79 Å². The lowest BCUT2D eigenvalue weighted by Gasteiger charge is -2.08. The van der Waals surface area contributed by atoms with E-state index in [0.717, 1.165) is 28.3 Å². The van der Waals surface area contributed by atoms with E-state index in [4.69, 9.17) is 10.5 Å². The summed E-state index contributed by atoms with van der Waals surface area (Å²) in [5.41, 5.74) is 8.14. The van der Waals surface area contributed by atoms with Crippen LogP contribution < -0.4 is 15.8 Å². The molecule has 0 atom stereocenters. The van der Waals surface area contributed by atoms with Crippen molar-refractivity contribution >= 4 is 17.2 Å². The van der Waals surface area contributed by atoms with Crippen molar-refractivity contribution in [3.8, 4) is 5.75 Å². The number of amides is 1. The predicted molar refractivity (Wildman–Crippen MR) is 83.8 cm³/mol. The van der Waals surface area contributed by atoms with E-state index in [2.05, 4.69) is 10.3 Å². The Bertz CT molecular complexity index is 625. The van der Waals surface area contributed by atoms with Crippen LogP contribution in [0.5, 0.6) is 5.75 Å². The smallest absolute Gasteiger partial charge is 0.270 e. The van der Waals surface area contributed by atoms with E-state index in [1.807, 2.05) is 25.1 Å². The SMILES string of the molecule is COc1cc(CCNC(=O)c2csc(CN)n2)ccc1C. The number of rotatable bonds is 6. The maximum Gasteiger partial charge on any atom is 0.270 e. The second-order valence-electron chi connectivity index (χ2n) is 4.64. The number of nitrogens with one attached hydrogen (secondary N) is 1. The van der Waals surface area contributed by atoms with Gasteiger partial charge in [0.15, 0.2) is 0 Å². The molecule has 1 aromatic carbocycles. The van der Waals surface area contributed by atoms with Crippen LogP contribution in [0.4, 0.5) is 0 Å². The number of hydrogen-bond donors (Lipinski definition) is 2. The maximum absolute atomic E-state index is 11.9. The molecule has 21 heavy (non-hydrogen) atoms. The molecule has 0 fully saturated rings. The minimum absolute atomic E-state index is 0.162. The summed E-state index contributed by atoms with van der Waals surface area (Å²) in [6.45, 7) is 2.92. The topological polar surface area (TPSA) is 77.2 Å². The predicted octanol–water partition coefficient (Wildman–Crippen LogP) is 1.89. The van der Waals surface area contributed by atoms with Crippen LogP contribution in [-0.4, -0.2) is 24.5 Å². The number of nitrogens with two attached hydrogens (primary N) is 1. The first kappa shape index (κ1) is 15.5. The summed E-state index contributed by atoms with van der Waals surface area (Å²) in [6.07, 6.45) is 0.746. The number of methoxy groups -OCH3 is 1. The van der Waals surface area contributed by atoms with Gasteiger partial charge in [-0.2, -0.15) is 0 Å². The maximum atomic E-state index is 11.9. The molecule has 5 nitrogen and oxygen atoms in total. The third-order valence-electron chi connectivity index (χ3n) is 3.13. The molecule has 1 aromatic heterocycles. The summed E-state index contributed by atoms with van der Waals surface area (Å²) in [6, 6.07) is 6.06. The monoisotopic (exact) mass is 305 g/mol. The van der Waals surface area contributed by atoms with Crippen molar-refractivity contribution in [1.82, 2.24) is 10.3 Å². The highest BCUT2D eigenvalue weighted by Crippen LogP contribution is 2.19. The van der Waals surface area contributed by atoms with Crippen LogP contribution in [0, 0.1) is 6.92 Å². The minimum atomic E-state index is -0.162. The molecule has 0 unspecified atom stereocenters. The standard InChI is InChI=1S/C15H19N3O2S/c1-10-3-4-11(7-13(10)20-2)5-6-17-15(19)12-9-21-14(8-16)18-12/h3-4,7,9H,5-6,8,16H2,1-2H3,(H,17,19). The van der Waals surface area contributed by atoms with Crippen LogP contribution in [0.2, 0.25) is 0 Å². The molecule has 0 saturated heterocycles. The van der Waals surface area contributed by atoms with Gasteiger partial charge in [-0.1, -0.05) is 12.1 Å². The lowest BCUT2D eigenvalue weighted by Crippen LogP contribution is -2.26. The normalized spacial score (nSPS) is 10.4. The van der Waals surface area contributed by atoms with Crippen LogP contribution in [0.1, 0.15) is 26.6 Å². The highest BCUT2D eigenvalue weighted by Gasteiger charge is 2.09. The molecule has 0 spiro atoms. The van der Waals surface area contributed by atoms with Gasteiger partial charge in [0.1, 0.15) is 16.5 Å². The number of thiazole rings is 1. The summed E-state index contributed by atoms with van der Waals surface area (Å²) >= 11 is 1.40. The molecular weight excluding hydrogens is 286 g/mol. The highest BCUT2D eigenvalue weighted by atomic mass is 32.1. The number of carbonyl (C=O) groups is 1.